The third-order valence-electron chi connectivity index (χ3n) is 2.04. The van der Waals surface area contributed by atoms with Crippen LogP contribution in [-0.2, 0) is 6.42 Å². The summed E-state index contributed by atoms with van der Waals surface area (Å²) in [6.45, 7) is 7.45. The minimum atomic E-state index is -0.995. The quantitative estimate of drug-likeness (QED) is 0.747. The molecule has 84 valence electrons. The molecule has 0 aliphatic heterocycles. The largest absolute Gasteiger partial charge is 0.488 e. The highest BCUT2D eigenvalue weighted by molar-refractivity contribution is 5.91. The maximum absolute atomic E-state index is 11.0. The molecule has 0 aliphatic carbocycles. The molecule has 1 aromatic carbocycles. The summed E-state index contributed by atoms with van der Waals surface area (Å²) in [5.74, 6) is -0.597. The highest BCUT2D eigenvalue weighted by Gasteiger charge is 2.14. The maximum Gasteiger partial charge on any atom is 0.339 e. The standard InChI is InChI=1S/C13H14O3/c1-3-6-10-7-5-8-11(13(14)15)12(10)16-9-4-2/h3-5,7-8H,1-2,6,9H2,(H,14,15). The van der Waals surface area contributed by atoms with Gasteiger partial charge in [0.15, 0.2) is 0 Å². The smallest absolute Gasteiger partial charge is 0.339 e. The third-order valence-corrected chi connectivity index (χ3v) is 2.04. The Bertz CT molecular complexity index is 408. The second-order valence-electron chi connectivity index (χ2n) is 3.19. The molecule has 0 fully saturated rings. The van der Waals surface area contributed by atoms with Crippen molar-refractivity contribution < 1.29 is 14.6 Å². The minimum absolute atomic E-state index is 0.168. The Labute approximate surface area is 94.7 Å². The molecule has 0 saturated carbocycles. The summed E-state index contributed by atoms with van der Waals surface area (Å²) in [6.07, 6.45) is 3.87. The van der Waals surface area contributed by atoms with E-state index in [1.807, 2.05) is 6.07 Å². The number of hydrogen-bond donors (Lipinski definition) is 1. The van der Waals surface area contributed by atoms with Gasteiger partial charge in [0.1, 0.15) is 17.9 Å². The number of carboxylic acids is 1. The van der Waals surface area contributed by atoms with Crippen LogP contribution >= 0.6 is 0 Å². The average molecular weight is 218 g/mol. The van der Waals surface area contributed by atoms with Gasteiger partial charge in [0, 0.05) is 0 Å². The van der Waals surface area contributed by atoms with Crippen molar-refractivity contribution >= 4 is 5.97 Å². The van der Waals surface area contributed by atoms with Gasteiger partial charge in [-0.15, -0.1) is 6.58 Å². The predicted molar refractivity (Wildman–Crippen MR) is 63.0 cm³/mol. The Kier molecular flexibility index (Phi) is 4.33. The molecule has 0 aliphatic rings. The number of ether oxygens (including phenoxy) is 1. The van der Waals surface area contributed by atoms with E-state index in [1.165, 1.54) is 6.07 Å². The van der Waals surface area contributed by atoms with Crippen molar-refractivity contribution in [1.82, 2.24) is 0 Å². The van der Waals surface area contributed by atoms with Gasteiger partial charge in [-0.2, -0.15) is 0 Å². The summed E-state index contributed by atoms with van der Waals surface area (Å²) in [7, 11) is 0. The van der Waals surface area contributed by atoms with E-state index < -0.39 is 5.97 Å². The molecule has 0 radical (unpaired) electrons. The van der Waals surface area contributed by atoms with Gasteiger partial charge < -0.3 is 9.84 Å². The van der Waals surface area contributed by atoms with Crippen LogP contribution in [0.5, 0.6) is 5.75 Å². The van der Waals surface area contributed by atoms with Crippen molar-refractivity contribution in [2.24, 2.45) is 0 Å². The van der Waals surface area contributed by atoms with Crippen LogP contribution in [0.2, 0.25) is 0 Å². The third kappa shape index (κ3) is 2.73. The lowest BCUT2D eigenvalue weighted by Crippen LogP contribution is -2.05. The molecule has 0 aromatic heterocycles. The van der Waals surface area contributed by atoms with Gasteiger partial charge in [0.2, 0.25) is 0 Å². The van der Waals surface area contributed by atoms with Gasteiger partial charge in [-0.05, 0) is 18.1 Å². The number of carboxylic acid groups (broad SMARTS) is 1. The summed E-state index contributed by atoms with van der Waals surface area (Å²) in [5, 5.41) is 9.03. The van der Waals surface area contributed by atoms with Gasteiger partial charge in [-0.25, -0.2) is 4.79 Å². The van der Waals surface area contributed by atoms with E-state index in [4.69, 9.17) is 9.84 Å². The fraction of sp³-hybridized carbons (Fsp3) is 0.154. The Morgan fingerprint density at radius 2 is 2.12 bits per heavy atom. The van der Waals surface area contributed by atoms with E-state index in [0.29, 0.717) is 12.2 Å². The molecular formula is C13H14O3. The number of rotatable bonds is 6. The van der Waals surface area contributed by atoms with Crippen molar-refractivity contribution in [1.29, 1.82) is 0 Å². The molecule has 0 spiro atoms. The van der Waals surface area contributed by atoms with Crippen LogP contribution in [0.3, 0.4) is 0 Å². The lowest BCUT2D eigenvalue weighted by atomic mass is 10.1. The van der Waals surface area contributed by atoms with Crippen molar-refractivity contribution in [3.63, 3.8) is 0 Å². The molecule has 0 atom stereocenters. The van der Waals surface area contributed by atoms with Crippen molar-refractivity contribution in [3.8, 4) is 5.75 Å². The molecule has 3 nitrogen and oxygen atoms in total. The summed E-state index contributed by atoms with van der Waals surface area (Å²) in [4.78, 5) is 11.0. The lowest BCUT2D eigenvalue weighted by Gasteiger charge is -2.11. The summed E-state index contributed by atoms with van der Waals surface area (Å²) < 4.78 is 5.38. The van der Waals surface area contributed by atoms with Crippen molar-refractivity contribution in [2.75, 3.05) is 6.61 Å². The highest BCUT2D eigenvalue weighted by atomic mass is 16.5. The van der Waals surface area contributed by atoms with E-state index in [0.717, 1.165) is 5.56 Å². The van der Waals surface area contributed by atoms with Crippen LogP contribution in [0.25, 0.3) is 0 Å². The fourth-order valence-corrected chi connectivity index (χ4v) is 1.38. The molecule has 1 N–H and O–H groups in total. The van der Waals surface area contributed by atoms with Crippen LogP contribution in [-0.4, -0.2) is 17.7 Å². The summed E-state index contributed by atoms with van der Waals surface area (Å²) in [6, 6.07) is 5.04. The first kappa shape index (κ1) is 12.0. The second-order valence-corrected chi connectivity index (χ2v) is 3.19. The number of carbonyl (C=O) groups is 1. The minimum Gasteiger partial charge on any atom is -0.488 e. The molecule has 0 amide bonds. The van der Waals surface area contributed by atoms with Crippen LogP contribution in [0.1, 0.15) is 15.9 Å². The number of aromatic carboxylic acids is 1. The monoisotopic (exact) mass is 218 g/mol. The van der Waals surface area contributed by atoms with Gasteiger partial charge in [0.25, 0.3) is 0 Å². The first-order valence-electron chi connectivity index (χ1n) is 4.90. The molecule has 1 aromatic rings. The fourth-order valence-electron chi connectivity index (χ4n) is 1.38. The first-order valence-corrected chi connectivity index (χ1v) is 4.90. The van der Waals surface area contributed by atoms with Crippen LogP contribution in [0.4, 0.5) is 0 Å². The Balaban J connectivity index is 3.16. The SMILES string of the molecule is C=CCOc1c(CC=C)cccc1C(=O)O. The van der Waals surface area contributed by atoms with Gasteiger partial charge in [-0.1, -0.05) is 30.9 Å². The number of para-hydroxylation sites is 1. The molecule has 3 heteroatoms. The van der Waals surface area contributed by atoms with Crippen molar-refractivity contribution in [2.45, 2.75) is 6.42 Å². The molecule has 16 heavy (non-hydrogen) atoms. The van der Waals surface area contributed by atoms with Crippen LogP contribution in [0.15, 0.2) is 43.5 Å². The Morgan fingerprint density at radius 1 is 1.38 bits per heavy atom. The van der Waals surface area contributed by atoms with E-state index in [9.17, 15) is 4.79 Å². The zero-order valence-electron chi connectivity index (χ0n) is 8.98. The lowest BCUT2D eigenvalue weighted by molar-refractivity contribution is 0.0692. The Morgan fingerprint density at radius 3 is 2.69 bits per heavy atom. The highest BCUT2D eigenvalue weighted by Crippen LogP contribution is 2.25. The molecule has 0 bridgehead atoms. The topological polar surface area (TPSA) is 46.5 Å². The van der Waals surface area contributed by atoms with Gasteiger partial charge in [-0.3, -0.25) is 0 Å². The summed E-state index contributed by atoms with van der Waals surface area (Å²) in [5.41, 5.74) is 0.984. The molecular weight excluding hydrogens is 204 g/mol. The zero-order chi connectivity index (χ0) is 12.0. The summed E-state index contributed by atoms with van der Waals surface area (Å²) >= 11 is 0. The van der Waals surface area contributed by atoms with Crippen LogP contribution in [0, 0.1) is 0 Å². The number of allylic oxidation sites excluding steroid dienone is 1. The number of benzene rings is 1. The molecule has 0 saturated heterocycles. The zero-order valence-corrected chi connectivity index (χ0v) is 8.98. The van der Waals surface area contributed by atoms with E-state index in [1.54, 1.807) is 18.2 Å². The average Bonchev–Trinajstić information content (AvgIpc) is 2.27. The van der Waals surface area contributed by atoms with Gasteiger partial charge in [0.05, 0.1) is 0 Å². The molecule has 0 heterocycles. The number of hydrogen-bond acceptors (Lipinski definition) is 2. The normalized spacial score (nSPS) is 9.50. The second kappa shape index (κ2) is 5.75. The van der Waals surface area contributed by atoms with Crippen LogP contribution < -0.4 is 4.74 Å². The predicted octanol–water partition coefficient (Wildman–Crippen LogP) is 2.68. The molecule has 1 rings (SSSR count). The maximum atomic E-state index is 11.0. The van der Waals surface area contributed by atoms with E-state index in [2.05, 4.69) is 13.2 Å². The first-order chi connectivity index (χ1) is 7.70. The Hall–Kier alpha value is -2.03. The van der Waals surface area contributed by atoms with E-state index in [-0.39, 0.29) is 12.2 Å². The van der Waals surface area contributed by atoms with E-state index >= 15 is 0 Å². The van der Waals surface area contributed by atoms with Gasteiger partial charge >= 0.3 is 5.97 Å². The molecule has 0 unspecified atom stereocenters. The van der Waals surface area contributed by atoms with Crippen molar-refractivity contribution in [3.05, 3.63) is 54.6 Å².